The lowest BCUT2D eigenvalue weighted by molar-refractivity contribution is 0.229. The molecule has 0 radical (unpaired) electrons. The first-order chi connectivity index (χ1) is 8.75. The van der Waals surface area contributed by atoms with Crippen LogP contribution in [0.4, 0.5) is 0 Å². The maximum absolute atomic E-state index is 5.66. The number of aromatic nitrogens is 3. The first kappa shape index (κ1) is 12.9. The average Bonchev–Trinajstić information content (AvgIpc) is 2.84. The monoisotopic (exact) mass is 264 g/mol. The molecule has 6 heteroatoms. The van der Waals surface area contributed by atoms with Crippen LogP contribution in [0.5, 0.6) is 5.88 Å². The molecule has 0 aliphatic heterocycles. The Bertz CT molecular complexity index is 473. The Morgan fingerprint density at radius 3 is 3.00 bits per heavy atom. The molecule has 96 valence electrons. The van der Waals surface area contributed by atoms with E-state index < -0.39 is 0 Å². The summed E-state index contributed by atoms with van der Waals surface area (Å²) in [4.78, 5) is 4.25. The largest absolute Gasteiger partial charge is 0.475 e. The van der Waals surface area contributed by atoms with Crippen LogP contribution < -0.4 is 10.1 Å². The SMILES string of the molecule is CC(C)Oc1ncccc1CNCc1csnn1. The van der Waals surface area contributed by atoms with E-state index in [-0.39, 0.29) is 6.10 Å². The summed E-state index contributed by atoms with van der Waals surface area (Å²) in [6, 6.07) is 3.92. The summed E-state index contributed by atoms with van der Waals surface area (Å²) in [7, 11) is 0. The van der Waals surface area contributed by atoms with Gasteiger partial charge in [-0.05, 0) is 31.4 Å². The van der Waals surface area contributed by atoms with Crippen LogP contribution in [0.25, 0.3) is 0 Å². The summed E-state index contributed by atoms with van der Waals surface area (Å²) in [5.41, 5.74) is 2.00. The molecule has 0 amide bonds. The van der Waals surface area contributed by atoms with Gasteiger partial charge < -0.3 is 10.1 Å². The van der Waals surface area contributed by atoms with Crippen LogP contribution >= 0.6 is 11.5 Å². The van der Waals surface area contributed by atoms with E-state index in [2.05, 4.69) is 19.9 Å². The zero-order chi connectivity index (χ0) is 12.8. The molecule has 0 saturated heterocycles. The minimum Gasteiger partial charge on any atom is -0.475 e. The van der Waals surface area contributed by atoms with Gasteiger partial charge in [-0.3, -0.25) is 0 Å². The summed E-state index contributed by atoms with van der Waals surface area (Å²) in [5.74, 6) is 0.691. The smallest absolute Gasteiger partial charge is 0.218 e. The summed E-state index contributed by atoms with van der Waals surface area (Å²) in [5, 5.41) is 9.21. The van der Waals surface area contributed by atoms with Crippen molar-refractivity contribution in [3.05, 3.63) is 35.0 Å². The Hall–Kier alpha value is -1.53. The molecule has 0 spiro atoms. The van der Waals surface area contributed by atoms with Crippen molar-refractivity contribution in [2.24, 2.45) is 0 Å². The minimum atomic E-state index is 0.126. The zero-order valence-corrected chi connectivity index (χ0v) is 11.3. The quantitative estimate of drug-likeness (QED) is 0.865. The minimum absolute atomic E-state index is 0.126. The Kier molecular flexibility index (Phi) is 4.60. The molecular formula is C12H16N4OS. The number of pyridine rings is 1. The van der Waals surface area contributed by atoms with Crippen LogP contribution in [-0.2, 0) is 13.1 Å². The summed E-state index contributed by atoms with van der Waals surface area (Å²) < 4.78 is 9.48. The van der Waals surface area contributed by atoms with Crippen molar-refractivity contribution in [1.29, 1.82) is 0 Å². The van der Waals surface area contributed by atoms with E-state index in [1.54, 1.807) is 6.20 Å². The molecule has 0 saturated carbocycles. The third-order valence-corrected chi connectivity index (χ3v) is 2.78. The van der Waals surface area contributed by atoms with Crippen molar-refractivity contribution in [3.8, 4) is 5.88 Å². The van der Waals surface area contributed by atoms with Gasteiger partial charge in [-0.1, -0.05) is 10.6 Å². The fourth-order valence-electron chi connectivity index (χ4n) is 1.47. The molecule has 0 fully saturated rings. The maximum atomic E-state index is 5.66. The predicted octanol–water partition coefficient (Wildman–Crippen LogP) is 2.01. The van der Waals surface area contributed by atoms with Crippen molar-refractivity contribution >= 4 is 11.5 Å². The fraction of sp³-hybridized carbons (Fsp3) is 0.417. The van der Waals surface area contributed by atoms with Gasteiger partial charge in [0.1, 0.15) is 0 Å². The summed E-state index contributed by atoms with van der Waals surface area (Å²) in [6.45, 7) is 5.39. The highest BCUT2D eigenvalue weighted by molar-refractivity contribution is 7.03. The molecule has 0 aliphatic carbocycles. The Labute approximate surface area is 110 Å². The van der Waals surface area contributed by atoms with Gasteiger partial charge in [0, 0.05) is 30.2 Å². The number of ether oxygens (including phenoxy) is 1. The van der Waals surface area contributed by atoms with E-state index in [1.807, 2.05) is 31.4 Å². The van der Waals surface area contributed by atoms with Gasteiger partial charge in [0.15, 0.2) is 0 Å². The van der Waals surface area contributed by atoms with Crippen molar-refractivity contribution in [2.45, 2.75) is 33.0 Å². The van der Waals surface area contributed by atoms with Gasteiger partial charge in [0.05, 0.1) is 11.8 Å². The fourth-order valence-corrected chi connectivity index (χ4v) is 1.93. The molecule has 18 heavy (non-hydrogen) atoms. The van der Waals surface area contributed by atoms with Crippen LogP contribution in [0.1, 0.15) is 25.1 Å². The molecule has 2 aromatic heterocycles. The number of hydrogen-bond donors (Lipinski definition) is 1. The predicted molar refractivity (Wildman–Crippen MR) is 70.5 cm³/mol. The highest BCUT2D eigenvalue weighted by Gasteiger charge is 2.06. The van der Waals surface area contributed by atoms with Gasteiger partial charge in [-0.2, -0.15) is 0 Å². The molecule has 5 nitrogen and oxygen atoms in total. The van der Waals surface area contributed by atoms with Crippen LogP contribution in [0.3, 0.4) is 0 Å². The first-order valence-corrected chi connectivity index (χ1v) is 6.66. The van der Waals surface area contributed by atoms with Crippen molar-refractivity contribution in [2.75, 3.05) is 0 Å². The second-order valence-electron chi connectivity index (χ2n) is 4.13. The Morgan fingerprint density at radius 2 is 2.28 bits per heavy atom. The van der Waals surface area contributed by atoms with Crippen LogP contribution in [0, 0.1) is 0 Å². The Morgan fingerprint density at radius 1 is 1.39 bits per heavy atom. The van der Waals surface area contributed by atoms with Crippen molar-refractivity contribution in [1.82, 2.24) is 19.9 Å². The van der Waals surface area contributed by atoms with Gasteiger partial charge in [0.25, 0.3) is 0 Å². The molecule has 0 aliphatic rings. The van der Waals surface area contributed by atoms with Gasteiger partial charge >= 0.3 is 0 Å². The van der Waals surface area contributed by atoms with E-state index in [1.165, 1.54) is 11.5 Å². The van der Waals surface area contributed by atoms with E-state index in [0.29, 0.717) is 19.0 Å². The topological polar surface area (TPSA) is 59.9 Å². The lowest BCUT2D eigenvalue weighted by atomic mass is 10.2. The molecule has 2 heterocycles. The van der Waals surface area contributed by atoms with Gasteiger partial charge in [-0.15, -0.1) is 5.10 Å². The molecule has 0 bridgehead atoms. The highest BCUT2D eigenvalue weighted by Crippen LogP contribution is 2.15. The standard InChI is InChI=1S/C12H16N4OS/c1-9(2)17-12-10(4-3-5-14-12)6-13-7-11-8-18-16-15-11/h3-5,8-9,13H,6-7H2,1-2H3. The van der Waals surface area contributed by atoms with Gasteiger partial charge in [-0.25, -0.2) is 4.98 Å². The van der Waals surface area contributed by atoms with Crippen LogP contribution in [0.2, 0.25) is 0 Å². The second-order valence-corrected chi connectivity index (χ2v) is 4.74. The molecule has 2 rings (SSSR count). The van der Waals surface area contributed by atoms with E-state index in [9.17, 15) is 0 Å². The summed E-state index contributed by atoms with van der Waals surface area (Å²) >= 11 is 1.36. The first-order valence-electron chi connectivity index (χ1n) is 5.83. The van der Waals surface area contributed by atoms with E-state index in [0.717, 1.165) is 11.3 Å². The number of hydrogen-bond acceptors (Lipinski definition) is 6. The molecule has 0 atom stereocenters. The highest BCUT2D eigenvalue weighted by atomic mass is 32.1. The lowest BCUT2D eigenvalue weighted by Gasteiger charge is -2.12. The number of nitrogens with zero attached hydrogens (tertiary/aromatic N) is 3. The van der Waals surface area contributed by atoms with Gasteiger partial charge in [0.2, 0.25) is 5.88 Å². The van der Waals surface area contributed by atoms with Crippen LogP contribution in [0.15, 0.2) is 23.7 Å². The number of nitrogens with one attached hydrogen (secondary N) is 1. The van der Waals surface area contributed by atoms with Crippen molar-refractivity contribution < 1.29 is 4.74 Å². The third-order valence-electron chi connectivity index (χ3n) is 2.22. The Balaban J connectivity index is 1.92. The number of rotatable bonds is 6. The second kappa shape index (κ2) is 6.42. The van der Waals surface area contributed by atoms with E-state index >= 15 is 0 Å². The maximum Gasteiger partial charge on any atom is 0.218 e. The van der Waals surface area contributed by atoms with Crippen molar-refractivity contribution in [3.63, 3.8) is 0 Å². The molecule has 2 aromatic rings. The van der Waals surface area contributed by atoms with Crippen LogP contribution in [-0.4, -0.2) is 20.7 Å². The molecule has 1 N–H and O–H groups in total. The third kappa shape index (κ3) is 3.75. The molecule has 0 aromatic carbocycles. The normalized spacial score (nSPS) is 10.8. The molecule has 0 unspecified atom stereocenters. The van der Waals surface area contributed by atoms with E-state index in [4.69, 9.17) is 4.74 Å². The lowest BCUT2D eigenvalue weighted by Crippen LogP contribution is -2.16. The molecular weight excluding hydrogens is 248 g/mol. The zero-order valence-electron chi connectivity index (χ0n) is 10.5. The summed E-state index contributed by atoms with van der Waals surface area (Å²) in [6.07, 6.45) is 1.87. The average molecular weight is 264 g/mol.